The average Bonchev–Trinajstić information content (AvgIpc) is 2.80. The molecule has 1 aliphatic rings. The molecule has 3 rings (SSSR count). The Morgan fingerprint density at radius 2 is 1.60 bits per heavy atom. The lowest BCUT2D eigenvalue weighted by Crippen LogP contribution is -2.31. The smallest absolute Gasteiger partial charge is 0.119 e. The van der Waals surface area contributed by atoms with Crippen LogP contribution in [0.2, 0.25) is 0 Å². The molecule has 0 bridgehead atoms. The van der Waals surface area contributed by atoms with Crippen molar-refractivity contribution < 1.29 is 4.74 Å². The lowest BCUT2D eigenvalue weighted by Gasteiger charge is -2.17. The summed E-state index contributed by atoms with van der Waals surface area (Å²) in [6, 6.07) is 18.8. The van der Waals surface area contributed by atoms with Gasteiger partial charge in [-0.1, -0.05) is 42.5 Å². The maximum absolute atomic E-state index is 6.04. The summed E-state index contributed by atoms with van der Waals surface area (Å²) in [5.74, 6) is 0.953. The monoisotopic (exact) mass is 267 g/mol. The fraction of sp³-hybridized carbons (Fsp3) is 0.333. The highest BCUT2D eigenvalue weighted by Crippen LogP contribution is 2.25. The Bertz CT molecular complexity index is 560. The molecule has 0 aromatic heterocycles. The van der Waals surface area contributed by atoms with Gasteiger partial charge < -0.3 is 10.1 Å². The number of ether oxygens (including phenoxy) is 1. The molecule has 1 aliphatic heterocycles. The van der Waals surface area contributed by atoms with E-state index in [1.165, 1.54) is 11.1 Å². The van der Waals surface area contributed by atoms with Crippen LogP contribution in [0.1, 0.15) is 20.3 Å². The molecule has 2 heteroatoms. The molecule has 0 saturated carbocycles. The summed E-state index contributed by atoms with van der Waals surface area (Å²) < 4.78 is 6.04. The summed E-state index contributed by atoms with van der Waals surface area (Å²) in [6.45, 7) is 5.36. The Kier molecular flexibility index (Phi) is 3.49. The Morgan fingerprint density at radius 3 is 2.20 bits per heavy atom. The summed E-state index contributed by atoms with van der Waals surface area (Å²) in [5.41, 5.74) is 2.65. The van der Waals surface area contributed by atoms with E-state index >= 15 is 0 Å². The normalized spacial score (nSPS) is 20.8. The average molecular weight is 267 g/mol. The molecule has 0 aliphatic carbocycles. The molecule has 1 heterocycles. The number of rotatable bonds is 3. The van der Waals surface area contributed by atoms with E-state index in [-0.39, 0.29) is 11.6 Å². The molecule has 0 radical (unpaired) electrons. The molecule has 1 unspecified atom stereocenters. The number of hydrogen-bond acceptors (Lipinski definition) is 2. The molecule has 2 aromatic rings. The fourth-order valence-corrected chi connectivity index (χ4v) is 2.74. The minimum Gasteiger partial charge on any atom is -0.489 e. The van der Waals surface area contributed by atoms with Gasteiger partial charge in [-0.15, -0.1) is 0 Å². The van der Waals surface area contributed by atoms with Crippen molar-refractivity contribution in [2.75, 3.05) is 6.54 Å². The maximum atomic E-state index is 6.04. The SMILES string of the molecule is CC1(C)CC(Oc2ccc(-c3ccccc3)cc2)CN1. The van der Waals surface area contributed by atoms with Gasteiger partial charge in [0, 0.05) is 18.5 Å². The lowest BCUT2D eigenvalue weighted by atomic mass is 10.0. The van der Waals surface area contributed by atoms with E-state index in [1.54, 1.807) is 0 Å². The van der Waals surface area contributed by atoms with E-state index in [0.717, 1.165) is 18.7 Å². The highest BCUT2D eigenvalue weighted by atomic mass is 16.5. The minimum atomic E-state index is 0.189. The van der Waals surface area contributed by atoms with E-state index in [9.17, 15) is 0 Å². The Labute approximate surface area is 120 Å². The quantitative estimate of drug-likeness (QED) is 0.911. The fourth-order valence-electron chi connectivity index (χ4n) is 2.74. The summed E-state index contributed by atoms with van der Waals surface area (Å²) in [7, 11) is 0. The van der Waals surface area contributed by atoms with Crippen LogP contribution in [0.5, 0.6) is 5.75 Å². The van der Waals surface area contributed by atoms with Gasteiger partial charge in [0.05, 0.1) is 0 Å². The Morgan fingerprint density at radius 1 is 0.950 bits per heavy atom. The van der Waals surface area contributed by atoms with E-state index in [2.05, 4.69) is 67.7 Å². The van der Waals surface area contributed by atoms with Crippen LogP contribution in [0.15, 0.2) is 54.6 Å². The van der Waals surface area contributed by atoms with Gasteiger partial charge in [0.1, 0.15) is 11.9 Å². The predicted octanol–water partition coefficient (Wildman–Crippen LogP) is 3.87. The van der Waals surface area contributed by atoms with Crippen LogP contribution >= 0.6 is 0 Å². The summed E-state index contributed by atoms with van der Waals surface area (Å²) in [4.78, 5) is 0. The highest BCUT2D eigenvalue weighted by Gasteiger charge is 2.31. The van der Waals surface area contributed by atoms with Crippen molar-refractivity contribution in [1.82, 2.24) is 5.32 Å². The second kappa shape index (κ2) is 5.29. The summed E-state index contributed by atoms with van der Waals surface area (Å²) in [6.07, 6.45) is 1.32. The second-order valence-electron chi connectivity index (χ2n) is 6.10. The molecule has 1 fully saturated rings. The van der Waals surface area contributed by atoms with Crippen LogP contribution in [0, 0.1) is 0 Å². The van der Waals surface area contributed by atoms with Crippen LogP contribution in [-0.4, -0.2) is 18.2 Å². The molecule has 104 valence electrons. The van der Waals surface area contributed by atoms with Crippen molar-refractivity contribution in [1.29, 1.82) is 0 Å². The zero-order chi connectivity index (χ0) is 14.0. The predicted molar refractivity (Wildman–Crippen MR) is 83.0 cm³/mol. The van der Waals surface area contributed by atoms with Crippen molar-refractivity contribution in [2.45, 2.75) is 31.9 Å². The number of nitrogens with one attached hydrogen (secondary N) is 1. The second-order valence-corrected chi connectivity index (χ2v) is 6.10. The first kappa shape index (κ1) is 13.2. The van der Waals surface area contributed by atoms with Crippen LogP contribution in [0.4, 0.5) is 0 Å². The summed E-state index contributed by atoms with van der Waals surface area (Å²) in [5, 5.41) is 3.48. The summed E-state index contributed by atoms with van der Waals surface area (Å²) >= 11 is 0. The van der Waals surface area contributed by atoms with Crippen LogP contribution < -0.4 is 10.1 Å². The standard InChI is InChI=1S/C18H21NO/c1-18(2)12-17(13-19-18)20-16-10-8-15(9-11-16)14-6-4-3-5-7-14/h3-11,17,19H,12-13H2,1-2H3. The van der Waals surface area contributed by atoms with Crippen molar-refractivity contribution in [3.05, 3.63) is 54.6 Å². The largest absolute Gasteiger partial charge is 0.489 e. The number of hydrogen-bond donors (Lipinski definition) is 1. The molecule has 20 heavy (non-hydrogen) atoms. The van der Waals surface area contributed by atoms with Crippen LogP contribution in [-0.2, 0) is 0 Å². The topological polar surface area (TPSA) is 21.3 Å². The molecule has 2 nitrogen and oxygen atoms in total. The molecule has 1 saturated heterocycles. The molecule has 1 atom stereocenters. The third kappa shape index (κ3) is 3.02. The van der Waals surface area contributed by atoms with Crippen LogP contribution in [0.3, 0.4) is 0 Å². The maximum Gasteiger partial charge on any atom is 0.119 e. The Hall–Kier alpha value is -1.80. The first-order valence-corrected chi connectivity index (χ1v) is 7.20. The van der Waals surface area contributed by atoms with Gasteiger partial charge >= 0.3 is 0 Å². The van der Waals surface area contributed by atoms with Gasteiger partial charge in [0.25, 0.3) is 0 Å². The van der Waals surface area contributed by atoms with E-state index in [1.807, 2.05) is 6.07 Å². The van der Waals surface area contributed by atoms with E-state index in [4.69, 9.17) is 4.74 Å². The minimum absolute atomic E-state index is 0.189. The molecular weight excluding hydrogens is 246 g/mol. The van der Waals surface area contributed by atoms with E-state index in [0.29, 0.717) is 0 Å². The zero-order valence-electron chi connectivity index (χ0n) is 12.1. The third-order valence-electron chi connectivity index (χ3n) is 3.81. The zero-order valence-corrected chi connectivity index (χ0v) is 12.1. The first-order chi connectivity index (χ1) is 9.62. The van der Waals surface area contributed by atoms with Gasteiger partial charge in [-0.25, -0.2) is 0 Å². The van der Waals surface area contributed by atoms with E-state index < -0.39 is 0 Å². The molecule has 2 aromatic carbocycles. The van der Waals surface area contributed by atoms with Crippen molar-refractivity contribution in [2.24, 2.45) is 0 Å². The lowest BCUT2D eigenvalue weighted by molar-refractivity contribution is 0.214. The van der Waals surface area contributed by atoms with Crippen molar-refractivity contribution in [3.63, 3.8) is 0 Å². The van der Waals surface area contributed by atoms with Gasteiger partial charge in [-0.2, -0.15) is 0 Å². The van der Waals surface area contributed by atoms with Gasteiger partial charge in [-0.3, -0.25) is 0 Å². The first-order valence-electron chi connectivity index (χ1n) is 7.20. The van der Waals surface area contributed by atoms with Gasteiger partial charge in [-0.05, 0) is 37.1 Å². The number of benzene rings is 2. The molecule has 0 spiro atoms. The van der Waals surface area contributed by atoms with Gasteiger partial charge in [0.15, 0.2) is 0 Å². The van der Waals surface area contributed by atoms with Crippen molar-refractivity contribution in [3.8, 4) is 16.9 Å². The third-order valence-corrected chi connectivity index (χ3v) is 3.81. The molecular formula is C18H21NO. The Balaban J connectivity index is 1.68. The van der Waals surface area contributed by atoms with Crippen molar-refractivity contribution >= 4 is 0 Å². The highest BCUT2D eigenvalue weighted by molar-refractivity contribution is 5.63. The molecule has 1 N–H and O–H groups in total. The molecule has 0 amide bonds. The van der Waals surface area contributed by atoms with Crippen LogP contribution in [0.25, 0.3) is 11.1 Å². The van der Waals surface area contributed by atoms with Gasteiger partial charge in [0.2, 0.25) is 0 Å².